The minimum Gasteiger partial charge on any atom is -0.494 e. The number of aromatic nitrogens is 2. The molecule has 21 heavy (non-hydrogen) atoms. The molecule has 0 amide bonds. The van der Waals surface area contributed by atoms with Crippen molar-refractivity contribution in [2.45, 2.75) is 33.1 Å². The molecular formula is C16H20N2O3. The molecule has 5 nitrogen and oxygen atoms in total. The third-order valence-corrected chi connectivity index (χ3v) is 3.28. The molecule has 5 heteroatoms. The van der Waals surface area contributed by atoms with E-state index >= 15 is 0 Å². The zero-order valence-electron chi connectivity index (χ0n) is 12.4. The van der Waals surface area contributed by atoms with Gasteiger partial charge >= 0.3 is 5.97 Å². The maximum Gasteiger partial charge on any atom is 0.339 e. The fourth-order valence-electron chi connectivity index (χ4n) is 2.13. The Morgan fingerprint density at radius 2 is 2.00 bits per heavy atom. The summed E-state index contributed by atoms with van der Waals surface area (Å²) in [6, 6.07) is 7.54. The van der Waals surface area contributed by atoms with Crippen molar-refractivity contribution in [3.63, 3.8) is 0 Å². The van der Waals surface area contributed by atoms with Gasteiger partial charge in [0.1, 0.15) is 11.3 Å². The highest BCUT2D eigenvalue weighted by Gasteiger charge is 2.15. The summed E-state index contributed by atoms with van der Waals surface area (Å²) in [4.78, 5) is 11.2. The van der Waals surface area contributed by atoms with Crippen LogP contribution in [0.1, 0.15) is 42.7 Å². The number of carboxylic acids is 1. The second-order valence-corrected chi connectivity index (χ2v) is 4.77. The van der Waals surface area contributed by atoms with E-state index in [9.17, 15) is 4.79 Å². The molecule has 0 saturated carbocycles. The van der Waals surface area contributed by atoms with E-state index in [1.807, 2.05) is 31.2 Å². The molecule has 2 rings (SSSR count). The molecule has 2 aromatic rings. The zero-order chi connectivity index (χ0) is 15.2. The molecule has 1 N–H and O–H groups in total. The molecule has 1 aromatic heterocycles. The monoisotopic (exact) mass is 288 g/mol. The summed E-state index contributed by atoms with van der Waals surface area (Å²) in [5.74, 6) is -0.131. The summed E-state index contributed by atoms with van der Waals surface area (Å²) < 4.78 is 7.28. The number of benzene rings is 1. The summed E-state index contributed by atoms with van der Waals surface area (Å²) in [5.41, 5.74) is 1.78. The normalized spacial score (nSPS) is 10.6. The predicted octanol–water partition coefficient (Wildman–Crippen LogP) is 3.31. The molecule has 0 spiro atoms. The lowest BCUT2D eigenvalue weighted by Gasteiger charge is -2.09. The topological polar surface area (TPSA) is 64.4 Å². The molecule has 0 aliphatic heterocycles. The van der Waals surface area contributed by atoms with Gasteiger partial charge in [-0.15, -0.1) is 0 Å². The van der Waals surface area contributed by atoms with E-state index in [-0.39, 0.29) is 5.56 Å². The fourth-order valence-corrected chi connectivity index (χ4v) is 2.13. The average molecular weight is 288 g/mol. The van der Waals surface area contributed by atoms with Crippen molar-refractivity contribution in [2.75, 3.05) is 6.61 Å². The van der Waals surface area contributed by atoms with Crippen LogP contribution >= 0.6 is 0 Å². The summed E-state index contributed by atoms with van der Waals surface area (Å²) in [7, 11) is 0. The number of rotatable bonds is 7. The van der Waals surface area contributed by atoms with E-state index in [0.29, 0.717) is 18.7 Å². The Hall–Kier alpha value is -2.30. The maximum atomic E-state index is 11.2. The molecule has 0 aliphatic carbocycles. The van der Waals surface area contributed by atoms with Gasteiger partial charge in [-0.1, -0.05) is 20.3 Å². The molecule has 0 aliphatic rings. The third kappa shape index (κ3) is 3.42. The lowest BCUT2D eigenvalue weighted by Crippen LogP contribution is -2.05. The van der Waals surface area contributed by atoms with Gasteiger partial charge in [-0.05, 0) is 37.1 Å². The van der Waals surface area contributed by atoms with Gasteiger partial charge < -0.3 is 9.84 Å². The molecule has 1 aromatic carbocycles. The van der Waals surface area contributed by atoms with Crippen LogP contribution < -0.4 is 4.74 Å². The second-order valence-electron chi connectivity index (χ2n) is 4.77. The Bertz CT molecular complexity index is 602. The number of nitrogens with zero attached hydrogens (tertiary/aromatic N) is 2. The lowest BCUT2D eigenvalue weighted by molar-refractivity contribution is 0.0695. The van der Waals surface area contributed by atoms with E-state index in [0.717, 1.165) is 24.3 Å². The van der Waals surface area contributed by atoms with Crippen molar-refractivity contribution in [1.29, 1.82) is 0 Å². The average Bonchev–Trinajstić information content (AvgIpc) is 2.92. The van der Waals surface area contributed by atoms with Crippen molar-refractivity contribution in [2.24, 2.45) is 0 Å². The summed E-state index contributed by atoms with van der Waals surface area (Å²) >= 11 is 0. The Balaban J connectivity index is 2.21. The molecule has 0 saturated heterocycles. The van der Waals surface area contributed by atoms with Crippen LogP contribution in [0.25, 0.3) is 5.69 Å². The van der Waals surface area contributed by atoms with Gasteiger partial charge in [0.15, 0.2) is 0 Å². The summed E-state index contributed by atoms with van der Waals surface area (Å²) in [6.07, 6.45) is 4.13. The number of hydrogen-bond acceptors (Lipinski definition) is 3. The number of ether oxygens (including phenoxy) is 1. The Labute approximate surface area is 124 Å². The summed E-state index contributed by atoms with van der Waals surface area (Å²) in [5, 5.41) is 13.3. The number of carboxylic acid groups (broad SMARTS) is 1. The Morgan fingerprint density at radius 3 is 2.57 bits per heavy atom. The van der Waals surface area contributed by atoms with Crippen LogP contribution in [0.2, 0.25) is 0 Å². The van der Waals surface area contributed by atoms with Crippen molar-refractivity contribution >= 4 is 5.97 Å². The van der Waals surface area contributed by atoms with E-state index < -0.39 is 5.97 Å². The second kappa shape index (κ2) is 6.92. The van der Waals surface area contributed by atoms with Crippen LogP contribution in [0.4, 0.5) is 0 Å². The van der Waals surface area contributed by atoms with Gasteiger partial charge in [0.25, 0.3) is 0 Å². The highest BCUT2D eigenvalue weighted by Crippen LogP contribution is 2.19. The van der Waals surface area contributed by atoms with Gasteiger partial charge in [-0.25, -0.2) is 9.48 Å². The van der Waals surface area contributed by atoms with Crippen LogP contribution in [0.5, 0.6) is 5.75 Å². The van der Waals surface area contributed by atoms with Gasteiger partial charge in [0.05, 0.1) is 24.2 Å². The first kappa shape index (κ1) is 15.1. The lowest BCUT2D eigenvalue weighted by atomic mass is 10.2. The number of carbonyl (C=O) groups is 1. The Morgan fingerprint density at radius 1 is 1.29 bits per heavy atom. The van der Waals surface area contributed by atoms with Gasteiger partial charge in [0.2, 0.25) is 0 Å². The first-order valence-corrected chi connectivity index (χ1v) is 7.20. The summed E-state index contributed by atoms with van der Waals surface area (Å²) in [6.45, 7) is 4.75. The van der Waals surface area contributed by atoms with Crippen molar-refractivity contribution in [3.8, 4) is 11.4 Å². The van der Waals surface area contributed by atoms with Crippen LogP contribution in [-0.4, -0.2) is 27.5 Å². The Kier molecular flexibility index (Phi) is 4.98. The van der Waals surface area contributed by atoms with E-state index in [4.69, 9.17) is 9.84 Å². The molecule has 0 atom stereocenters. The van der Waals surface area contributed by atoms with Gasteiger partial charge in [-0.2, -0.15) is 5.10 Å². The number of hydrogen-bond donors (Lipinski definition) is 1. The van der Waals surface area contributed by atoms with Gasteiger partial charge in [-0.3, -0.25) is 0 Å². The quantitative estimate of drug-likeness (QED) is 0.794. The smallest absolute Gasteiger partial charge is 0.339 e. The standard InChI is InChI=1S/C16H20N2O3/c1-3-5-10-21-13-8-6-12(7-9-13)18-15(4-2)14(11-17-18)16(19)20/h6-9,11H,3-5,10H2,1-2H3,(H,19,20). The maximum absolute atomic E-state index is 11.2. The first-order chi connectivity index (χ1) is 10.2. The van der Waals surface area contributed by atoms with Gasteiger partial charge in [0, 0.05) is 0 Å². The van der Waals surface area contributed by atoms with Crippen LogP contribution in [0.15, 0.2) is 30.5 Å². The van der Waals surface area contributed by atoms with Crippen molar-refractivity contribution < 1.29 is 14.6 Å². The number of unbranched alkanes of at least 4 members (excludes halogenated alkanes) is 1. The van der Waals surface area contributed by atoms with Crippen molar-refractivity contribution in [3.05, 3.63) is 41.7 Å². The zero-order valence-corrected chi connectivity index (χ0v) is 12.4. The van der Waals surface area contributed by atoms with Crippen molar-refractivity contribution in [1.82, 2.24) is 9.78 Å². The molecule has 112 valence electrons. The molecular weight excluding hydrogens is 268 g/mol. The van der Waals surface area contributed by atoms with Crippen LogP contribution in [0, 0.1) is 0 Å². The SMILES string of the molecule is CCCCOc1ccc(-n2ncc(C(=O)O)c2CC)cc1. The predicted molar refractivity (Wildman–Crippen MR) is 80.3 cm³/mol. The molecule has 0 bridgehead atoms. The highest BCUT2D eigenvalue weighted by atomic mass is 16.5. The van der Waals surface area contributed by atoms with E-state index in [1.54, 1.807) is 4.68 Å². The highest BCUT2D eigenvalue weighted by molar-refractivity contribution is 5.88. The largest absolute Gasteiger partial charge is 0.494 e. The number of aromatic carboxylic acids is 1. The fraction of sp³-hybridized carbons (Fsp3) is 0.375. The van der Waals surface area contributed by atoms with Crippen LogP contribution in [-0.2, 0) is 6.42 Å². The third-order valence-electron chi connectivity index (χ3n) is 3.28. The minimum atomic E-state index is -0.947. The molecule has 0 unspecified atom stereocenters. The van der Waals surface area contributed by atoms with E-state index in [2.05, 4.69) is 12.0 Å². The molecule has 0 fully saturated rings. The molecule has 0 radical (unpaired) electrons. The van der Waals surface area contributed by atoms with Crippen LogP contribution in [0.3, 0.4) is 0 Å². The first-order valence-electron chi connectivity index (χ1n) is 7.20. The minimum absolute atomic E-state index is 0.251. The molecule has 1 heterocycles. The van der Waals surface area contributed by atoms with E-state index in [1.165, 1.54) is 6.20 Å².